The number of benzene rings is 1. The lowest BCUT2D eigenvalue weighted by atomic mass is 10.2. The van der Waals surface area contributed by atoms with Gasteiger partial charge in [0.2, 0.25) is 11.8 Å². The van der Waals surface area contributed by atoms with Crippen molar-refractivity contribution in [1.82, 2.24) is 19.7 Å². The molecule has 1 saturated carbocycles. The summed E-state index contributed by atoms with van der Waals surface area (Å²) in [5.74, 6) is 2.08. The Morgan fingerprint density at radius 3 is 2.44 bits per heavy atom. The third kappa shape index (κ3) is 6.59. The van der Waals surface area contributed by atoms with Gasteiger partial charge in [0.1, 0.15) is 11.5 Å². The summed E-state index contributed by atoms with van der Waals surface area (Å²) in [6, 6.07) is 6.64. The maximum Gasteiger partial charge on any atom is 0.257 e. The average Bonchev–Trinajstić information content (AvgIpc) is 3.56. The number of anilines is 2. The number of aryl methyl sites for hydroxylation is 1. The van der Waals surface area contributed by atoms with E-state index >= 15 is 0 Å². The normalized spacial score (nSPS) is 13.1. The second kappa shape index (κ2) is 10.8. The molecule has 4 rings (SSSR count). The van der Waals surface area contributed by atoms with Crippen LogP contribution in [0.3, 0.4) is 0 Å². The van der Waals surface area contributed by atoms with Crippen LogP contribution < -0.4 is 19.7 Å². The summed E-state index contributed by atoms with van der Waals surface area (Å²) in [5.41, 5.74) is 0.344. The summed E-state index contributed by atoms with van der Waals surface area (Å²) in [6.07, 6.45) is 6.92. The molecule has 0 bridgehead atoms. The lowest BCUT2D eigenvalue weighted by Gasteiger charge is -2.23. The molecule has 0 unspecified atom stereocenters. The van der Waals surface area contributed by atoms with Crippen LogP contribution in [0.2, 0.25) is 0 Å². The number of hydrogen-bond donors (Lipinski definition) is 1. The molecule has 36 heavy (non-hydrogen) atoms. The summed E-state index contributed by atoms with van der Waals surface area (Å²) in [7, 11) is 1.77. The monoisotopic (exact) mass is 492 g/mol. The molecule has 10 heteroatoms. The number of hydrogen-bond acceptors (Lipinski definition) is 7. The maximum absolute atomic E-state index is 12.9. The van der Waals surface area contributed by atoms with E-state index in [4.69, 9.17) is 9.47 Å². The number of nitrogens with one attached hydrogen (secondary N) is 1. The van der Waals surface area contributed by atoms with Crippen molar-refractivity contribution < 1.29 is 19.1 Å². The summed E-state index contributed by atoms with van der Waals surface area (Å²) in [5, 5.41) is 6.94. The largest absolute Gasteiger partial charge is 0.491 e. The number of nitrogens with zero attached hydrogens (tertiary/aromatic N) is 5. The highest BCUT2D eigenvalue weighted by atomic mass is 16.5. The molecule has 2 aromatic heterocycles. The lowest BCUT2D eigenvalue weighted by Crippen LogP contribution is -2.36. The zero-order chi connectivity index (χ0) is 25.8. The van der Waals surface area contributed by atoms with Crippen LogP contribution in [0, 0.1) is 11.8 Å². The van der Waals surface area contributed by atoms with Gasteiger partial charge >= 0.3 is 0 Å². The fraction of sp³-hybridized carbons (Fsp3) is 0.423. The van der Waals surface area contributed by atoms with Crippen molar-refractivity contribution in [2.24, 2.45) is 18.9 Å². The van der Waals surface area contributed by atoms with Crippen LogP contribution in [0.1, 0.15) is 50.9 Å². The molecule has 0 spiro atoms. The summed E-state index contributed by atoms with van der Waals surface area (Å²) >= 11 is 0. The SMILES string of the molecule is CC(C)Oc1cc(Oc2cnc(N(CC3CC3)C(=O)C(C)C)cn2)cc(C(=O)Nc2ccn(C)n2)c1. The Bertz CT molecular complexity index is 1220. The number of aromatic nitrogens is 4. The first-order chi connectivity index (χ1) is 17.2. The quantitative estimate of drug-likeness (QED) is 0.445. The fourth-order valence-electron chi connectivity index (χ4n) is 3.56. The van der Waals surface area contributed by atoms with Crippen LogP contribution in [0.25, 0.3) is 0 Å². The predicted molar refractivity (Wildman–Crippen MR) is 135 cm³/mol. The highest BCUT2D eigenvalue weighted by Gasteiger charge is 2.29. The number of ether oxygens (including phenoxy) is 2. The molecule has 1 fully saturated rings. The van der Waals surface area contributed by atoms with E-state index in [2.05, 4.69) is 20.4 Å². The van der Waals surface area contributed by atoms with Crippen molar-refractivity contribution in [3.8, 4) is 17.4 Å². The molecule has 0 radical (unpaired) electrons. The van der Waals surface area contributed by atoms with Gasteiger partial charge in [0.15, 0.2) is 11.6 Å². The number of amides is 2. The Labute approximate surface area is 210 Å². The van der Waals surface area contributed by atoms with Crippen LogP contribution in [0.5, 0.6) is 17.4 Å². The van der Waals surface area contributed by atoms with Crippen LogP contribution >= 0.6 is 0 Å². The average molecular weight is 493 g/mol. The zero-order valence-electron chi connectivity index (χ0n) is 21.3. The maximum atomic E-state index is 12.9. The molecule has 2 amide bonds. The fourth-order valence-corrected chi connectivity index (χ4v) is 3.56. The zero-order valence-corrected chi connectivity index (χ0v) is 21.3. The minimum Gasteiger partial charge on any atom is -0.491 e. The number of carbonyl (C=O) groups excluding carboxylic acids is 2. The molecule has 3 aromatic rings. The van der Waals surface area contributed by atoms with Gasteiger partial charge in [-0.2, -0.15) is 5.10 Å². The number of carbonyl (C=O) groups is 2. The minimum absolute atomic E-state index is 0.0203. The van der Waals surface area contributed by atoms with Crippen molar-refractivity contribution in [1.29, 1.82) is 0 Å². The standard InChI is InChI=1S/C26H32N6O4/c1-16(2)26(34)32(15-18-6-7-18)23-13-28-24(14-27-23)36-21-11-19(10-20(12-21)35-17(3)4)25(33)29-22-8-9-31(5)30-22/h8-14,16-18H,6-7,15H2,1-5H3,(H,29,30,33). The van der Waals surface area contributed by atoms with E-state index < -0.39 is 0 Å². The summed E-state index contributed by atoms with van der Waals surface area (Å²) in [4.78, 5) is 36.1. The van der Waals surface area contributed by atoms with E-state index in [0.29, 0.717) is 41.2 Å². The van der Waals surface area contributed by atoms with Gasteiger partial charge in [0.05, 0.1) is 18.5 Å². The third-order valence-corrected chi connectivity index (χ3v) is 5.48. The Hall–Kier alpha value is -3.95. The summed E-state index contributed by atoms with van der Waals surface area (Å²) in [6.45, 7) is 8.20. The highest BCUT2D eigenvalue weighted by Crippen LogP contribution is 2.32. The Balaban J connectivity index is 1.54. The smallest absolute Gasteiger partial charge is 0.257 e. The van der Waals surface area contributed by atoms with Gasteiger partial charge in [-0.15, -0.1) is 0 Å². The van der Waals surface area contributed by atoms with Crippen LogP contribution in [-0.4, -0.2) is 44.2 Å². The van der Waals surface area contributed by atoms with Gasteiger partial charge in [-0.05, 0) is 44.7 Å². The van der Waals surface area contributed by atoms with E-state index in [9.17, 15) is 9.59 Å². The molecule has 0 atom stereocenters. The molecule has 2 heterocycles. The molecule has 10 nitrogen and oxygen atoms in total. The third-order valence-electron chi connectivity index (χ3n) is 5.48. The van der Waals surface area contributed by atoms with E-state index in [1.54, 1.807) is 53.3 Å². The molecule has 1 aromatic carbocycles. The highest BCUT2D eigenvalue weighted by molar-refractivity contribution is 6.04. The van der Waals surface area contributed by atoms with Crippen molar-refractivity contribution >= 4 is 23.5 Å². The Morgan fingerprint density at radius 1 is 1.11 bits per heavy atom. The second-order valence-electron chi connectivity index (χ2n) is 9.55. The van der Waals surface area contributed by atoms with Crippen LogP contribution in [0.4, 0.5) is 11.6 Å². The molecule has 0 saturated heterocycles. The van der Waals surface area contributed by atoms with Crippen molar-refractivity contribution in [2.45, 2.75) is 46.6 Å². The van der Waals surface area contributed by atoms with E-state index in [1.165, 1.54) is 6.20 Å². The summed E-state index contributed by atoms with van der Waals surface area (Å²) < 4.78 is 13.3. The van der Waals surface area contributed by atoms with Gasteiger partial charge in [0.25, 0.3) is 5.91 Å². The second-order valence-corrected chi connectivity index (χ2v) is 9.55. The Kier molecular flexibility index (Phi) is 7.52. The van der Waals surface area contributed by atoms with E-state index in [0.717, 1.165) is 12.8 Å². The van der Waals surface area contributed by atoms with Crippen LogP contribution in [0.15, 0.2) is 42.9 Å². The van der Waals surface area contributed by atoms with Gasteiger partial charge in [-0.1, -0.05) is 13.8 Å². The first-order valence-electron chi connectivity index (χ1n) is 12.1. The molecular weight excluding hydrogens is 460 g/mol. The first-order valence-corrected chi connectivity index (χ1v) is 12.1. The molecule has 0 aliphatic heterocycles. The Morgan fingerprint density at radius 2 is 1.86 bits per heavy atom. The molecular formula is C26H32N6O4. The predicted octanol–water partition coefficient (Wildman–Crippen LogP) is 4.44. The van der Waals surface area contributed by atoms with Crippen LogP contribution in [-0.2, 0) is 11.8 Å². The van der Waals surface area contributed by atoms with Crippen molar-refractivity contribution in [3.05, 3.63) is 48.4 Å². The van der Waals surface area contributed by atoms with Crippen molar-refractivity contribution in [3.63, 3.8) is 0 Å². The van der Waals surface area contributed by atoms with Gasteiger partial charge in [-0.25, -0.2) is 9.97 Å². The van der Waals surface area contributed by atoms with Gasteiger partial charge < -0.3 is 14.8 Å². The molecule has 1 N–H and O–H groups in total. The van der Waals surface area contributed by atoms with Crippen molar-refractivity contribution in [2.75, 3.05) is 16.8 Å². The molecule has 190 valence electrons. The van der Waals surface area contributed by atoms with E-state index in [-0.39, 0.29) is 29.7 Å². The molecule has 1 aliphatic carbocycles. The minimum atomic E-state index is -0.350. The number of rotatable bonds is 10. The molecule has 1 aliphatic rings. The van der Waals surface area contributed by atoms with Gasteiger partial charge in [-0.3, -0.25) is 19.2 Å². The van der Waals surface area contributed by atoms with E-state index in [1.807, 2.05) is 27.7 Å². The lowest BCUT2D eigenvalue weighted by molar-refractivity contribution is -0.121. The topological polar surface area (TPSA) is 111 Å². The van der Waals surface area contributed by atoms with Gasteiger partial charge in [0, 0.05) is 43.4 Å². The first kappa shape index (κ1) is 25.2.